The van der Waals surface area contributed by atoms with Crippen LogP contribution in [0.3, 0.4) is 0 Å². The van der Waals surface area contributed by atoms with Crippen LogP contribution in [0.4, 0.5) is 0 Å². The maximum Gasteiger partial charge on any atom is 0.282 e. The molecule has 0 amide bonds. The minimum atomic E-state index is -0.204. The van der Waals surface area contributed by atoms with Gasteiger partial charge < -0.3 is 4.74 Å². The fourth-order valence-corrected chi connectivity index (χ4v) is 3.94. The van der Waals surface area contributed by atoms with Gasteiger partial charge in [-0.25, -0.2) is 4.98 Å². The summed E-state index contributed by atoms with van der Waals surface area (Å²) in [5, 5.41) is 7.12. The first kappa shape index (κ1) is 21.8. The highest BCUT2D eigenvalue weighted by Crippen LogP contribution is 2.27. The van der Waals surface area contributed by atoms with E-state index in [1.54, 1.807) is 12.3 Å². The molecule has 0 unspecified atom stereocenters. The summed E-state index contributed by atoms with van der Waals surface area (Å²) in [6.07, 6.45) is 9.61. The molecule has 0 fully saturated rings. The van der Waals surface area contributed by atoms with E-state index in [2.05, 4.69) is 33.9 Å². The molecule has 0 aliphatic heterocycles. The molecule has 1 aromatic heterocycles. The van der Waals surface area contributed by atoms with Crippen LogP contribution in [-0.2, 0) is 6.42 Å². The van der Waals surface area contributed by atoms with E-state index >= 15 is 0 Å². The molecule has 5 nitrogen and oxygen atoms in total. The van der Waals surface area contributed by atoms with Gasteiger partial charge in [0.05, 0.1) is 17.1 Å². The zero-order valence-electron chi connectivity index (χ0n) is 17.7. The van der Waals surface area contributed by atoms with Crippen molar-refractivity contribution in [3.8, 4) is 18.1 Å². The Balaban J connectivity index is 1.90. The molecule has 0 N–H and O–H groups in total. The quantitative estimate of drug-likeness (QED) is 0.253. The van der Waals surface area contributed by atoms with Crippen LogP contribution in [0.25, 0.3) is 21.7 Å². The highest BCUT2D eigenvalue weighted by molar-refractivity contribution is 9.10. The predicted molar refractivity (Wildman–Crippen MR) is 134 cm³/mol. The number of halogens is 1. The molecule has 6 heteroatoms. The topological polar surface area (TPSA) is 56.5 Å². The van der Waals surface area contributed by atoms with Gasteiger partial charge in [0.1, 0.15) is 18.2 Å². The Hall–Kier alpha value is -3.43. The van der Waals surface area contributed by atoms with Gasteiger partial charge in [0.2, 0.25) is 0 Å². The minimum absolute atomic E-state index is 0.145. The minimum Gasteiger partial charge on any atom is -0.480 e. The molecule has 0 bridgehead atoms. The highest BCUT2D eigenvalue weighted by Gasteiger charge is 2.12. The third-order valence-corrected chi connectivity index (χ3v) is 5.67. The summed E-state index contributed by atoms with van der Waals surface area (Å²) in [7, 11) is 0. The molecule has 0 atom stereocenters. The lowest BCUT2D eigenvalue weighted by atomic mass is 10.0. The van der Waals surface area contributed by atoms with Crippen LogP contribution in [0.1, 0.15) is 31.2 Å². The van der Waals surface area contributed by atoms with Crippen molar-refractivity contribution in [3.63, 3.8) is 0 Å². The van der Waals surface area contributed by atoms with E-state index in [1.807, 2.05) is 48.5 Å². The molecule has 0 radical (unpaired) electrons. The summed E-state index contributed by atoms with van der Waals surface area (Å²) in [6, 6.07) is 17.3. The second kappa shape index (κ2) is 9.80. The van der Waals surface area contributed by atoms with Crippen molar-refractivity contribution < 1.29 is 4.74 Å². The molecular formula is C26H22BrN3O2. The van der Waals surface area contributed by atoms with Gasteiger partial charge in [0, 0.05) is 16.5 Å². The first-order chi connectivity index (χ1) is 15.6. The zero-order chi connectivity index (χ0) is 22.5. The molecule has 0 aliphatic rings. The Bertz CT molecular complexity index is 1420. The van der Waals surface area contributed by atoms with E-state index in [0.717, 1.165) is 33.7 Å². The van der Waals surface area contributed by atoms with Gasteiger partial charge in [-0.1, -0.05) is 65.5 Å². The fraction of sp³-hybridized carbons (Fsp3) is 0.192. The first-order valence-electron chi connectivity index (χ1n) is 10.5. The molecule has 0 saturated heterocycles. The van der Waals surface area contributed by atoms with Gasteiger partial charge in [0.15, 0.2) is 0 Å². The molecule has 32 heavy (non-hydrogen) atoms. The Morgan fingerprint density at radius 3 is 2.84 bits per heavy atom. The second-order valence-electron chi connectivity index (χ2n) is 7.35. The lowest BCUT2D eigenvalue weighted by molar-refractivity contribution is 0.370. The molecule has 4 rings (SSSR count). The van der Waals surface area contributed by atoms with Crippen molar-refractivity contribution in [2.45, 2.75) is 26.2 Å². The van der Waals surface area contributed by atoms with E-state index < -0.39 is 0 Å². The number of ether oxygens (including phenoxy) is 1. The summed E-state index contributed by atoms with van der Waals surface area (Å²) >= 11 is 3.44. The third kappa shape index (κ3) is 4.44. The van der Waals surface area contributed by atoms with Crippen LogP contribution in [0.5, 0.6) is 5.75 Å². The Morgan fingerprint density at radius 1 is 1.19 bits per heavy atom. The molecule has 0 aliphatic carbocycles. The normalized spacial score (nSPS) is 11.3. The Kier molecular flexibility index (Phi) is 6.67. The number of rotatable bonds is 7. The Morgan fingerprint density at radius 2 is 2.03 bits per heavy atom. The smallest absolute Gasteiger partial charge is 0.282 e. The summed E-state index contributed by atoms with van der Waals surface area (Å²) in [6.45, 7) is 2.25. The van der Waals surface area contributed by atoms with Crippen LogP contribution in [0.2, 0.25) is 0 Å². The summed E-state index contributed by atoms with van der Waals surface area (Å²) in [5.41, 5.74) is 1.23. The number of hydrogen-bond acceptors (Lipinski definition) is 4. The number of hydrogen-bond donors (Lipinski definition) is 0. The number of benzene rings is 3. The van der Waals surface area contributed by atoms with E-state index in [0.29, 0.717) is 28.9 Å². The van der Waals surface area contributed by atoms with Crippen LogP contribution in [0, 0.1) is 12.3 Å². The standard InChI is InChI=1S/C26H22BrN3O2/c1-3-5-10-25-29-23-13-12-19(27)16-21(23)26(31)30(25)28-17-22-20-9-7-6-8-18(20)11-14-24(22)32-15-4-2/h2,6-9,11-14,16-17H,3,5,10,15H2,1H3. The van der Waals surface area contributed by atoms with Crippen LogP contribution in [-0.4, -0.2) is 22.5 Å². The van der Waals surface area contributed by atoms with Crippen molar-refractivity contribution in [3.05, 3.63) is 80.8 Å². The number of terminal acetylenes is 1. The fourth-order valence-electron chi connectivity index (χ4n) is 3.58. The SMILES string of the molecule is C#CCOc1ccc2ccccc2c1C=Nn1c(CCCC)nc2ccc(Br)cc2c1=O. The van der Waals surface area contributed by atoms with Crippen LogP contribution >= 0.6 is 15.9 Å². The van der Waals surface area contributed by atoms with E-state index in [-0.39, 0.29) is 12.2 Å². The monoisotopic (exact) mass is 487 g/mol. The van der Waals surface area contributed by atoms with E-state index in [1.165, 1.54) is 4.68 Å². The van der Waals surface area contributed by atoms with Crippen molar-refractivity contribution in [2.24, 2.45) is 5.10 Å². The van der Waals surface area contributed by atoms with Crippen molar-refractivity contribution >= 4 is 43.8 Å². The predicted octanol–water partition coefficient (Wildman–Crippen LogP) is 5.55. The largest absolute Gasteiger partial charge is 0.480 e. The molecule has 4 aromatic rings. The second-order valence-corrected chi connectivity index (χ2v) is 8.26. The first-order valence-corrected chi connectivity index (χ1v) is 11.2. The molecule has 0 saturated carbocycles. The van der Waals surface area contributed by atoms with Gasteiger partial charge >= 0.3 is 0 Å². The van der Waals surface area contributed by atoms with Gasteiger partial charge in [-0.3, -0.25) is 4.79 Å². The average Bonchev–Trinajstić information content (AvgIpc) is 2.81. The number of unbranched alkanes of at least 4 members (excludes halogenated alkanes) is 1. The van der Waals surface area contributed by atoms with Gasteiger partial charge in [-0.15, -0.1) is 6.42 Å². The molecule has 0 spiro atoms. The van der Waals surface area contributed by atoms with Gasteiger partial charge in [-0.05, 0) is 41.5 Å². The van der Waals surface area contributed by atoms with Gasteiger partial charge in [-0.2, -0.15) is 9.78 Å². The average molecular weight is 488 g/mol. The van der Waals surface area contributed by atoms with E-state index in [4.69, 9.17) is 16.1 Å². The van der Waals surface area contributed by atoms with Crippen molar-refractivity contribution in [1.29, 1.82) is 0 Å². The number of aryl methyl sites for hydroxylation is 1. The molecule has 3 aromatic carbocycles. The summed E-state index contributed by atoms with van der Waals surface area (Å²) in [4.78, 5) is 18.1. The van der Waals surface area contributed by atoms with Gasteiger partial charge in [0.25, 0.3) is 5.56 Å². The number of fused-ring (bicyclic) bond motifs is 2. The number of nitrogens with zero attached hydrogens (tertiary/aromatic N) is 3. The summed E-state index contributed by atoms with van der Waals surface area (Å²) < 4.78 is 7.98. The highest BCUT2D eigenvalue weighted by atomic mass is 79.9. The van der Waals surface area contributed by atoms with Crippen molar-refractivity contribution in [2.75, 3.05) is 6.61 Å². The Labute approximate surface area is 194 Å². The maximum atomic E-state index is 13.3. The molecule has 1 heterocycles. The maximum absolute atomic E-state index is 13.3. The molecule has 160 valence electrons. The lowest BCUT2D eigenvalue weighted by Crippen LogP contribution is -2.22. The van der Waals surface area contributed by atoms with Crippen LogP contribution in [0.15, 0.2) is 69.0 Å². The third-order valence-electron chi connectivity index (χ3n) is 5.17. The molecular weight excluding hydrogens is 466 g/mol. The summed E-state index contributed by atoms with van der Waals surface area (Å²) in [5.74, 6) is 3.75. The van der Waals surface area contributed by atoms with E-state index in [9.17, 15) is 4.79 Å². The number of aromatic nitrogens is 2. The zero-order valence-corrected chi connectivity index (χ0v) is 19.3. The lowest BCUT2D eigenvalue weighted by Gasteiger charge is -2.11. The van der Waals surface area contributed by atoms with Crippen molar-refractivity contribution in [1.82, 2.24) is 9.66 Å². The van der Waals surface area contributed by atoms with Crippen LogP contribution < -0.4 is 10.3 Å².